The molecule has 9 heteroatoms. The van der Waals surface area contributed by atoms with E-state index in [0.717, 1.165) is 15.2 Å². The van der Waals surface area contributed by atoms with Crippen molar-refractivity contribution in [3.63, 3.8) is 0 Å². The molecule has 0 saturated carbocycles. The average Bonchev–Trinajstić information content (AvgIpc) is 3.49. The molecule has 5 rings (SSSR count). The molecule has 2 N–H and O–H groups in total. The summed E-state index contributed by atoms with van der Waals surface area (Å²) in [6.07, 6.45) is 2.49. The molecule has 0 spiro atoms. The van der Waals surface area contributed by atoms with Gasteiger partial charge >= 0.3 is 0 Å². The van der Waals surface area contributed by atoms with Crippen LogP contribution in [0.2, 0.25) is 0 Å². The van der Waals surface area contributed by atoms with E-state index in [-0.39, 0.29) is 18.4 Å². The first-order valence-electron chi connectivity index (χ1n) is 11.5. The van der Waals surface area contributed by atoms with Gasteiger partial charge in [-0.15, -0.1) is 11.3 Å². The number of anilines is 1. The molecule has 36 heavy (non-hydrogen) atoms. The van der Waals surface area contributed by atoms with Crippen LogP contribution < -0.4 is 10.6 Å². The third-order valence-corrected chi connectivity index (χ3v) is 6.65. The summed E-state index contributed by atoms with van der Waals surface area (Å²) < 4.78 is 7.01. The summed E-state index contributed by atoms with van der Waals surface area (Å²) in [6, 6.07) is 20.4. The van der Waals surface area contributed by atoms with Crippen LogP contribution >= 0.6 is 11.3 Å². The number of oxazole rings is 1. The zero-order valence-corrected chi connectivity index (χ0v) is 20.3. The van der Waals surface area contributed by atoms with E-state index in [9.17, 15) is 9.59 Å². The lowest BCUT2D eigenvalue weighted by atomic mass is 10.1. The van der Waals surface area contributed by atoms with Gasteiger partial charge in [-0.1, -0.05) is 30.3 Å². The molecule has 2 aromatic carbocycles. The van der Waals surface area contributed by atoms with Gasteiger partial charge in [-0.25, -0.2) is 9.97 Å². The topological polar surface area (TPSA) is 110 Å². The van der Waals surface area contributed by atoms with Crippen molar-refractivity contribution >= 4 is 39.1 Å². The van der Waals surface area contributed by atoms with Gasteiger partial charge in [-0.05, 0) is 43.3 Å². The van der Waals surface area contributed by atoms with Crippen molar-refractivity contribution in [2.45, 2.75) is 26.3 Å². The monoisotopic (exact) mass is 497 g/mol. The largest absolute Gasteiger partial charge is 0.441 e. The van der Waals surface area contributed by atoms with Crippen molar-refractivity contribution in [1.82, 2.24) is 20.3 Å². The van der Waals surface area contributed by atoms with Gasteiger partial charge in [0.15, 0.2) is 0 Å². The number of carbonyl (C=O) groups is 2. The van der Waals surface area contributed by atoms with Crippen molar-refractivity contribution in [2.24, 2.45) is 0 Å². The molecule has 5 aromatic rings. The molecule has 0 atom stereocenters. The number of benzene rings is 2. The molecule has 8 nitrogen and oxygen atoms in total. The van der Waals surface area contributed by atoms with Crippen LogP contribution in [0.15, 0.2) is 77.3 Å². The Morgan fingerprint density at radius 2 is 1.78 bits per heavy atom. The zero-order valence-electron chi connectivity index (χ0n) is 19.5. The Morgan fingerprint density at radius 1 is 0.972 bits per heavy atom. The minimum absolute atomic E-state index is 0.0822. The molecule has 0 unspecified atom stereocenters. The van der Waals surface area contributed by atoms with Crippen LogP contribution in [0.3, 0.4) is 0 Å². The molecular weight excluding hydrogens is 474 g/mol. The fourth-order valence-electron chi connectivity index (χ4n) is 3.69. The van der Waals surface area contributed by atoms with Crippen molar-refractivity contribution in [3.05, 3.63) is 95.1 Å². The van der Waals surface area contributed by atoms with Gasteiger partial charge in [0.1, 0.15) is 17.1 Å². The highest BCUT2D eigenvalue weighted by Crippen LogP contribution is 2.29. The lowest BCUT2D eigenvalue weighted by Gasteiger charge is -2.08. The lowest BCUT2D eigenvalue weighted by Crippen LogP contribution is -2.23. The number of pyridine rings is 1. The Hall–Kier alpha value is -4.37. The van der Waals surface area contributed by atoms with Crippen LogP contribution in [0.5, 0.6) is 0 Å². The number of hydrogen-bond donors (Lipinski definition) is 2. The maximum Gasteiger partial charge on any atom is 0.274 e. The number of aromatic nitrogens is 3. The number of fused-ring (bicyclic) bond motifs is 1. The molecule has 3 heterocycles. The summed E-state index contributed by atoms with van der Waals surface area (Å²) in [7, 11) is 0. The van der Waals surface area contributed by atoms with Crippen LogP contribution in [-0.4, -0.2) is 26.8 Å². The number of nitrogens with one attached hydrogen (secondary N) is 2. The van der Waals surface area contributed by atoms with E-state index >= 15 is 0 Å². The molecular formula is C27H23N5O3S. The quantitative estimate of drug-likeness (QED) is 0.307. The molecule has 0 bridgehead atoms. The number of thiazole rings is 1. The molecule has 0 aliphatic heterocycles. The second kappa shape index (κ2) is 10.5. The summed E-state index contributed by atoms with van der Waals surface area (Å²) in [5, 5.41) is 6.72. The number of para-hydroxylation sites is 2. The number of amides is 2. The molecule has 0 radical (unpaired) electrons. The van der Waals surface area contributed by atoms with Gasteiger partial charge in [0.25, 0.3) is 5.91 Å². The fourth-order valence-corrected chi connectivity index (χ4v) is 4.65. The third kappa shape index (κ3) is 5.31. The van der Waals surface area contributed by atoms with Gasteiger partial charge in [0, 0.05) is 19.0 Å². The van der Waals surface area contributed by atoms with Gasteiger partial charge in [0.2, 0.25) is 11.8 Å². The standard InChI is InChI=1S/C27H23N5O3S/c1-17-22(16-29-24(33)13-14-25-30-20-10-4-5-12-23(20)36-25)32-27(35-17)18-8-2-3-9-19(18)31-26(34)21-11-6-7-15-28-21/h2-12,15H,13-14,16H2,1H3,(H,29,33)(H,31,34). The van der Waals surface area contributed by atoms with Crippen LogP contribution in [0, 0.1) is 6.92 Å². The second-order valence-electron chi connectivity index (χ2n) is 8.09. The number of nitrogens with zero attached hydrogens (tertiary/aromatic N) is 3. The lowest BCUT2D eigenvalue weighted by molar-refractivity contribution is -0.121. The van der Waals surface area contributed by atoms with Crippen LogP contribution in [0.1, 0.15) is 33.4 Å². The predicted octanol–water partition coefficient (Wildman–Crippen LogP) is 5.16. The zero-order chi connectivity index (χ0) is 24.9. The van der Waals surface area contributed by atoms with Gasteiger partial charge in [-0.3, -0.25) is 14.6 Å². The van der Waals surface area contributed by atoms with Crippen LogP contribution in [-0.2, 0) is 17.8 Å². The molecule has 0 aliphatic rings. The molecule has 0 aliphatic carbocycles. The van der Waals surface area contributed by atoms with Gasteiger partial charge in [0.05, 0.1) is 33.0 Å². The first-order valence-corrected chi connectivity index (χ1v) is 12.3. The van der Waals surface area contributed by atoms with Crippen LogP contribution in [0.4, 0.5) is 5.69 Å². The Kier molecular flexibility index (Phi) is 6.81. The molecule has 180 valence electrons. The number of carbonyl (C=O) groups excluding carboxylic acids is 2. The van der Waals surface area contributed by atoms with E-state index in [1.165, 1.54) is 0 Å². The molecule has 3 aromatic heterocycles. The third-order valence-electron chi connectivity index (χ3n) is 5.55. The minimum Gasteiger partial charge on any atom is -0.441 e. The first-order chi connectivity index (χ1) is 17.6. The normalized spacial score (nSPS) is 10.9. The van der Waals surface area contributed by atoms with E-state index in [0.29, 0.717) is 47.1 Å². The maximum absolute atomic E-state index is 12.6. The fraction of sp³-hybridized carbons (Fsp3) is 0.148. The van der Waals surface area contributed by atoms with Gasteiger partial charge in [-0.2, -0.15) is 0 Å². The van der Waals surface area contributed by atoms with Gasteiger partial charge < -0.3 is 15.1 Å². The maximum atomic E-state index is 12.6. The Bertz CT molecular complexity index is 1490. The highest BCUT2D eigenvalue weighted by Gasteiger charge is 2.17. The smallest absolute Gasteiger partial charge is 0.274 e. The Morgan fingerprint density at radius 3 is 2.61 bits per heavy atom. The summed E-state index contributed by atoms with van der Waals surface area (Å²) in [5.41, 5.74) is 3.09. The highest BCUT2D eigenvalue weighted by molar-refractivity contribution is 7.18. The van der Waals surface area contributed by atoms with Crippen molar-refractivity contribution in [1.29, 1.82) is 0 Å². The summed E-state index contributed by atoms with van der Waals surface area (Å²) in [4.78, 5) is 38.3. The van der Waals surface area contributed by atoms with E-state index in [1.54, 1.807) is 48.7 Å². The molecule has 0 fully saturated rings. The van der Waals surface area contributed by atoms with Crippen LogP contribution in [0.25, 0.3) is 21.7 Å². The second-order valence-corrected chi connectivity index (χ2v) is 9.20. The molecule has 0 saturated heterocycles. The predicted molar refractivity (Wildman–Crippen MR) is 139 cm³/mol. The Balaban J connectivity index is 1.22. The van der Waals surface area contributed by atoms with E-state index in [4.69, 9.17) is 4.42 Å². The van der Waals surface area contributed by atoms with E-state index in [2.05, 4.69) is 25.6 Å². The number of hydrogen-bond acceptors (Lipinski definition) is 7. The number of aryl methyl sites for hydroxylation is 2. The average molecular weight is 498 g/mol. The van der Waals surface area contributed by atoms with Crippen molar-refractivity contribution < 1.29 is 14.0 Å². The summed E-state index contributed by atoms with van der Waals surface area (Å²) in [5.74, 6) is 0.554. The molecule has 2 amide bonds. The van der Waals surface area contributed by atoms with E-state index < -0.39 is 0 Å². The van der Waals surface area contributed by atoms with Crippen molar-refractivity contribution in [3.8, 4) is 11.5 Å². The summed E-state index contributed by atoms with van der Waals surface area (Å²) in [6.45, 7) is 2.05. The highest BCUT2D eigenvalue weighted by atomic mass is 32.1. The summed E-state index contributed by atoms with van der Waals surface area (Å²) >= 11 is 1.61. The van der Waals surface area contributed by atoms with Crippen molar-refractivity contribution in [2.75, 3.05) is 5.32 Å². The first kappa shape index (κ1) is 23.4. The SMILES string of the molecule is Cc1oc(-c2ccccc2NC(=O)c2ccccn2)nc1CNC(=O)CCc1nc2ccccc2s1. The minimum atomic E-state index is -0.327. The number of rotatable bonds is 8. The Labute approximate surface area is 211 Å². The van der Waals surface area contributed by atoms with E-state index in [1.807, 2.05) is 42.5 Å².